The Kier molecular flexibility index (Phi) is 7.02. The first kappa shape index (κ1) is 24.2. The second-order valence-corrected chi connectivity index (χ2v) is 9.35. The van der Waals surface area contributed by atoms with Gasteiger partial charge in [0, 0.05) is 23.6 Å². The van der Waals surface area contributed by atoms with Gasteiger partial charge in [-0.25, -0.2) is 9.78 Å². The van der Waals surface area contributed by atoms with E-state index in [0.717, 1.165) is 23.2 Å². The van der Waals surface area contributed by atoms with E-state index in [2.05, 4.69) is 15.5 Å². The number of carbonyl (C=O) groups excluding carboxylic acids is 3. The number of nitrogens with one attached hydrogen (secondary N) is 1. The number of aliphatic carboxylic acids is 1. The van der Waals surface area contributed by atoms with E-state index < -0.39 is 24.1 Å². The first-order valence-electron chi connectivity index (χ1n) is 10.1. The number of carbonyl (C=O) groups is 4. The molecule has 0 spiro atoms. The second-order valence-electron chi connectivity index (χ2n) is 7.29. The minimum Gasteiger partial charge on any atom is -0.477 e. The monoisotopic (exact) mass is 517 g/mol. The molecule has 35 heavy (non-hydrogen) atoms. The van der Waals surface area contributed by atoms with Crippen molar-refractivity contribution in [1.29, 1.82) is 0 Å². The molecule has 2 aliphatic heterocycles. The predicted octanol–water partition coefficient (Wildman–Crippen LogP) is 1.16. The van der Waals surface area contributed by atoms with Crippen LogP contribution in [0.1, 0.15) is 19.0 Å². The number of benzene rings is 1. The Hall–Kier alpha value is -3.91. The number of para-hydroxylation sites is 1. The Bertz CT molecular complexity index is 1240. The maximum atomic E-state index is 13.3. The fourth-order valence-electron chi connectivity index (χ4n) is 3.36. The number of carboxylic acids is 1. The van der Waals surface area contributed by atoms with Gasteiger partial charge in [-0.3, -0.25) is 19.3 Å². The molecule has 12 nitrogen and oxygen atoms in total. The number of oxime groups is 1. The van der Waals surface area contributed by atoms with Crippen LogP contribution in [0, 0.1) is 0 Å². The van der Waals surface area contributed by atoms with Crippen LogP contribution < -0.4 is 15.9 Å². The van der Waals surface area contributed by atoms with Crippen LogP contribution in [0.2, 0.25) is 0 Å². The molecule has 14 heteroatoms. The Morgan fingerprint density at radius 2 is 2.06 bits per heavy atom. The van der Waals surface area contributed by atoms with Gasteiger partial charge in [-0.2, -0.15) is 0 Å². The van der Waals surface area contributed by atoms with Crippen LogP contribution in [0.4, 0.5) is 5.13 Å². The number of thioether (sulfide) groups is 1. The van der Waals surface area contributed by atoms with Gasteiger partial charge in [0.1, 0.15) is 11.4 Å². The Labute approximate surface area is 206 Å². The molecule has 1 aromatic carbocycles. The van der Waals surface area contributed by atoms with Crippen LogP contribution in [0.5, 0.6) is 5.75 Å². The van der Waals surface area contributed by atoms with Crippen LogP contribution in [0.25, 0.3) is 0 Å². The Morgan fingerprint density at radius 1 is 1.31 bits per heavy atom. The number of nitrogens with zero attached hydrogens (tertiary/aromatic N) is 3. The number of hydrogen-bond acceptors (Lipinski definition) is 11. The zero-order valence-electron chi connectivity index (χ0n) is 18.2. The lowest BCUT2D eigenvalue weighted by atomic mass is 10.1. The summed E-state index contributed by atoms with van der Waals surface area (Å²) in [5.41, 5.74) is 5.25. The van der Waals surface area contributed by atoms with Crippen LogP contribution in [0.3, 0.4) is 0 Å². The van der Waals surface area contributed by atoms with Gasteiger partial charge in [0.25, 0.3) is 5.91 Å². The molecule has 1 unspecified atom stereocenters. The van der Waals surface area contributed by atoms with Gasteiger partial charge in [-0.15, -0.1) is 23.1 Å². The molecule has 0 saturated carbocycles. The molecular weight excluding hydrogens is 498 g/mol. The lowest BCUT2D eigenvalue weighted by Gasteiger charge is -2.44. The van der Waals surface area contributed by atoms with E-state index in [1.807, 2.05) is 0 Å². The normalized spacial score (nSPS) is 18.3. The largest absolute Gasteiger partial charge is 0.477 e. The first-order chi connectivity index (χ1) is 16.7. The Morgan fingerprint density at radius 3 is 2.66 bits per heavy atom. The van der Waals surface area contributed by atoms with Crippen molar-refractivity contribution in [3.8, 4) is 5.75 Å². The number of β-lactam (4-membered cyclic amide) rings is 1. The lowest BCUT2D eigenvalue weighted by Crippen LogP contribution is -2.56. The standard InChI is InChI=1S/C21H19N5O7S2/c1-10(27)32-19(12-8-34-15-7-14(28)26(15)17(12)20(30)31)24-18(29)16(13-9-35-21(22)23-13)25-33-11-5-3-2-4-6-11/h2-6,9,15,19H,7-8H2,1H3,(H2,22,23)(H,24,29)(H,30,31)/t15-,19?/m1/s1. The van der Waals surface area contributed by atoms with Gasteiger partial charge in [-0.1, -0.05) is 23.4 Å². The van der Waals surface area contributed by atoms with E-state index in [1.165, 1.54) is 17.1 Å². The lowest BCUT2D eigenvalue weighted by molar-refractivity contribution is -0.149. The van der Waals surface area contributed by atoms with Crippen LogP contribution >= 0.6 is 23.1 Å². The topological polar surface area (TPSA) is 174 Å². The minimum atomic E-state index is -1.48. The highest BCUT2D eigenvalue weighted by Gasteiger charge is 2.47. The maximum Gasteiger partial charge on any atom is 0.352 e. The van der Waals surface area contributed by atoms with Gasteiger partial charge < -0.3 is 25.7 Å². The van der Waals surface area contributed by atoms with Crippen molar-refractivity contribution in [2.45, 2.75) is 24.9 Å². The third kappa shape index (κ3) is 5.27. The van der Waals surface area contributed by atoms with E-state index in [9.17, 15) is 24.3 Å². The summed E-state index contributed by atoms with van der Waals surface area (Å²) in [6.45, 7) is 1.11. The molecule has 0 radical (unpaired) electrons. The van der Waals surface area contributed by atoms with Gasteiger partial charge in [0.05, 0.1) is 11.8 Å². The number of nitrogen functional groups attached to an aromatic ring is 1. The summed E-state index contributed by atoms with van der Waals surface area (Å²) >= 11 is 2.38. The molecule has 4 rings (SSSR count). The molecule has 182 valence electrons. The SMILES string of the molecule is CC(=O)OC(NC(=O)C(=NOc1ccccc1)c1csc(N)n1)C1=C(C(=O)O)N2C(=O)C[C@H]2SC1. The average molecular weight is 518 g/mol. The highest BCUT2D eigenvalue weighted by Crippen LogP contribution is 2.41. The summed E-state index contributed by atoms with van der Waals surface area (Å²) in [5.74, 6) is -2.92. The van der Waals surface area contributed by atoms with E-state index in [1.54, 1.807) is 30.3 Å². The van der Waals surface area contributed by atoms with E-state index in [-0.39, 0.29) is 51.3 Å². The van der Waals surface area contributed by atoms with Crippen LogP contribution in [0.15, 0.2) is 52.1 Å². The van der Waals surface area contributed by atoms with Gasteiger partial charge in [-0.05, 0) is 12.1 Å². The summed E-state index contributed by atoms with van der Waals surface area (Å²) < 4.78 is 5.26. The van der Waals surface area contributed by atoms with Crippen molar-refractivity contribution in [3.63, 3.8) is 0 Å². The molecule has 0 bridgehead atoms. The van der Waals surface area contributed by atoms with Crippen molar-refractivity contribution < 1.29 is 33.9 Å². The van der Waals surface area contributed by atoms with Crippen molar-refractivity contribution >= 4 is 57.7 Å². The number of aromatic nitrogens is 1. The first-order valence-corrected chi connectivity index (χ1v) is 12.1. The van der Waals surface area contributed by atoms with Gasteiger partial charge >= 0.3 is 11.9 Å². The third-order valence-corrected chi connectivity index (χ3v) is 6.83. The second kappa shape index (κ2) is 10.1. The van der Waals surface area contributed by atoms with Crippen LogP contribution in [-0.4, -0.2) is 61.8 Å². The summed E-state index contributed by atoms with van der Waals surface area (Å²) in [6, 6.07) is 8.46. The molecule has 3 heterocycles. The molecule has 1 saturated heterocycles. The number of ether oxygens (including phenoxy) is 1. The molecule has 2 amide bonds. The number of anilines is 1. The molecule has 2 atom stereocenters. The highest BCUT2D eigenvalue weighted by atomic mass is 32.2. The summed E-state index contributed by atoms with van der Waals surface area (Å²) in [7, 11) is 0. The molecule has 1 aromatic heterocycles. The minimum absolute atomic E-state index is 0.0523. The molecule has 4 N–H and O–H groups in total. The molecule has 0 aliphatic carbocycles. The highest BCUT2D eigenvalue weighted by molar-refractivity contribution is 8.00. The zero-order valence-corrected chi connectivity index (χ0v) is 19.8. The van der Waals surface area contributed by atoms with Crippen molar-refractivity contribution in [2.24, 2.45) is 5.16 Å². The zero-order chi connectivity index (χ0) is 25.1. The van der Waals surface area contributed by atoms with Gasteiger partial charge in [0.15, 0.2) is 16.6 Å². The number of nitrogens with two attached hydrogens (primary N) is 1. The summed E-state index contributed by atoms with van der Waals surface area (Å²) in [4.78, 5) is 59.7. The van der Waals surface area contributed by atoms with Gasteiger partial charge in [0.2, 0.25) is 12.1 Å². The molecule has 1 fully saturated rings. The third-order valence-electron chi connectivity index (χ3n) is 4.91. The predicted molar refractivity (Wildman–Crippen MR) is 126 cm³/mol. The fourth-order valence-corrected chi connectivity index (χ4v) is 5.20. The van der Waals surface area contributed by atoms with Crippen molar-refractivity contribution in [2.75, 3.05) is 11.5 Å². The molecule has 2 aromatic rings. The van der Waals surface area contributed by atoms with E-state index in [4.69, 9.17) is 15.3 Å². The Balaban J connectivity index is 1.67. The molecule has 2 aliphatic rings. The number of hydrogen-bond donors (Lipinski definition) is 3. The maximum absolute atomic E-state index is 13.3. The van der Waals surface area contributed by atoms with E-state index in [0.29, 0.717) is 5.75 Å². The number of rotatable bonds is 8. The number of amides is 2. The molecular formula is C21H19N5O7S2. The fraction of sp³-hybridized carbons (Fsp3) is 0.238. The number of carboxylic acid groups (broad SMARTS) is 1. The number of thiazole rings is 1. The summed E-state index contributed by atoms with van der Waals surface area (Å²) in [5, 5.41) is 17.5. The van der Waals surface area contributed by atoms with Crippen molar-refractivity contribution in [1.82, 2.24) is 15.2 Å². The van der Waals surface area contributed by atoms with Crippen molar-refractivity contribution in [3.05, 3.63) is 52.7 Å². The summed E-state index contributed by atoms with van der Waals surface area (Å²) in [6.07, 6.45) is -1.27. The number of esters is 1. The quantitative estimate of drug-likeness (QED) is 0.152. The smallest absolute Gasteiger partial charge is 0.352 e. The number of fused-ring (bicyclic) bond motifs is 1. The van der Waals surface area contributed by atoms with E-state index >= 15 is 0 Å². The van der Waals surface area contributed by atoms with Crippen LogP contribution in [-0.2, 0) is 23.9 Å². The average Bonchev–Trinajstić information content (AvgIpc) is 3.23.